The Morgan fingerprint density at radius 1 is 1.26 bits per heavy atom. The maximum atomic E-state index is 12.5. The van der Waals surface area contributed by atoms with Gasteiger partial charge in [-0.2, -0.15) is 0 Å². The number of thioether (sulfide) groups is 1. The number of rotatable bonds is 6. The van der Waals surface area contributed by atoms with Crippen molar-refractivity contribution >= 4 is 33.4 Å². The Labute approximate surface area is 162 Å². The molecule has 0 bridgehead atoms. The molecule has 3 N–H and O–H groups in total. The lowest BCUT2D eigenvalue weighted by Gasteiger charge is -2.22. The van der Waals surface area contributed by atoms with Crippen LogP contribution in [0.4, 0.5) is 5.69 Å². The standard InChI is InChI=1S/C16H22N6O3S2/c1-11(15(23)18-12-7-9-14(10-8-12)27(17,24)25)26-16-19-20-21-22(16)13-5-3-2-4-6-13/h7-11,13H,2-6H2,1H3,(H,18,23)(H2,17,24,25)/t11-/m0/s1. The summed E-state index contributed by atoms with van der Waals surface area (Å²) in [5.74, 6) is -0.221. The molecule has 9 nitrogen and oxygen atoms in total. The number of sulfonamides is 1. The van der Waals surface area contributed by atoms with Gasteiger partial charge in [0, 0.05) is 5.69 Å². The van der Waals surface area contributed by atoms with Gasteiger partial charge in [-0.1, -0.05) is 31.0 Å². The second-order valence-corrected chi connectivity index (χ2v) is 9.39. The summed E-state index contributed by atoms with van der Waals surface area (Å²) >= 11 is 1.30. The van der Waals surface area contributed by atoms with Crippen LogP contribution in [0.1, 0.15) is 45.1 Å². The molecule has 0 unspecified atom stereocenters. The highest BCUT2D eigenvalue weighted by Crippen LogP contribution is 2.31. The van der Waals surface area contributed by atoms with Crippen LogP contribution in [0.15, 0.2) is 34.3 Å². The number of amides is 1. The number of nitrogens with one attached hydrogen (secondary N) is 1. The van der Waals surface area contributed by atoms with Crippen LogP contribution in [0, 0.1) is 0 Å². The molecule has 0 aliphatic heterocycles. The summed E-state index contributed by atoms with van der Waals surface area (Å²) in [6, 6.07) is 6.00. The van der Waals surface area contributed by atoms with E-state index < -0.39 is 15.3 Å². The van der Waals surface area contributed by atoms with E-state index in [2.05, 4.69) is 20.8 Å². The smallest absolute Gasteiger partial charge is 0.238 e. The minimum atomic E-state index is -3.76. The van der Waals surface area contributed by atoms with Crippen molar-refractivity contribution in [1.82, 2.24) is 20.2 Å². The van der Waals surface area contributed by atoms with Gasteiger partial charge in [0.25, 0.3) is 0 Å². The van der Waals surface area contributed by atoms with Crippen molar-refractivity contribution in [2.75, 3.05) is 5.32 Å². The quantitative estimate of drug-likeness (QED) is 0.695. The molecular weight excluding hydrogens is 388 g/mol. The van der Waals surface area contributed by atoms with Crippen LogP contribution < -0.4 is 10.5 Å². The average Bonchev–Trinajstić information content (AvgIpc) is 3.10. The number of hydrogen-bond donors (Lipinski definition) is 2. The largest absolute Gasteiger partial charge is 0.325 e. The SMILES string of the molecule is C[C@H](Sc1nnnn1C1CCCCC1)C(=O)Nc1ccc(S(N)(=O)=O)cc1. The van der Waals surface area contributed by atoms with E-state index in [4.69, 9.17) is 5.14 Å². The molecule has 1 aromatic heterocycles. The second-order valence-electron chi connectivity index (χ2n) is 6.52. The Morgan fingerprint density at radius 3 is 2.56 bits per heavy atom. The monoisotopic (exact) mass is 410 g/mol. The molecule has 1 heterocycles. The molecule has 11 heteroatoms. The van der Waals surface area contributed by atoms with E-state index >= 15 is 0 Å². The van der Waals surface area contributed by atoms with Crippen LogP contribution in [0.3, 0.4) is 0 Å². The lowest BCUT2D eigenvalue weighted by atomic mass is 9.96. The lowest BCUT2D eigenvalue weighted by Crippen LogP contribution is -2.23. The van der Waals surface area contributed by atoms with Crippen LogP contribution in [0.25, 0.3) is 0 Å². The van der Waals surface area contributed by atoms with E-state index in [-0.39, 0.29) is 16.8 Å². The highest BCUT2D eigenvalue weighted by molar-refractivity contribution is 8.00. The zero-order valence-corrected chi connectivity index (χ0v) is 16.5. The van der Waals surface area contributed by atoms with Crippen molar-refractivity contribution in [2.45, 2.75) is 60.4 Å². The van der Waals surface area contributed by atoms with Gasteiger partial charge in [-0.25, -0.2) is 18.2 Å². The first kappa shape index (κ1) is 19.8. The predicted octanol–water partition coefficient (Wildman–Crippen LogP) is 1.94. The fourth-order valence-electron chi connectivity index (χ4n) is 3.00. The van der Waals surface area contributed by atoms with Crippen molar-refractivity contribution in [2.24, 2.45) is 5.14 Å². The Balaban J connectivity index is 1.62. The minimum Gasteiger partial charge on any atom is -0.325 e. The summed E-state index contributed by atoms with van der Waals surface area (Å²) in [6.45, 7) is 1.78. The summed E-state index contributed by atoms with van der Waals surface area (Å²) in [5.41, 5.74) is 0.492. The summed E-state index contributed by atoms with van der Waals surface area (Å²) in [4.78, 5) is 12.5. The van der Waals surface area contributed by atoms with Gasteiger partial charge < -0.3 is 5.32 Å². The second kappa shape index (κ2) is 8.36. The van der Waals surface area contributed by atoms with Crippen LogP contribution in [0.5, 0.6) is 0 Å². The molecule has 3 rings (SSSR count). The number of anilines is 1. The van der Waals surface area contributed by atoms with Crippen molar-refractivity contribution in [3.8, 4) is 0 Å². The number of carbonyl (C=O) groups is 1. The highest BCUT2D eigenvalue weighted by atomic mass is 32.2. The number of nitrogens with two attached hydrogens (primary N) is 1. The summed E-state index contributed by atoms with van der Waals surface area (Å²) in [6.07, 6.45) is 5.67. The molecule has 1 aromatic carbocycles. The van der Waals surface area contributed by atoms with Gasteiger partial charge >= 0.3 is 0 Å². The van der Waals surface area contributed by atoms with E-state index in [0.29, 0.717) is 10.8 Å². The molecule has 146 valence electrons. The molecule has 1 saturated carbocycles. The molecule has 0 radical (unpaired) electrons. The van der Waals surface area contributed by atoms with Crippen molar-refractivity contribution in [3.63, 3.8) is 0 Å². The highest BCUT2D eigenvalue weighted by Gasteiger charge is 2.24. The number of primary sulfonamides is 1. The average molecular weight is 411 g/mol. The Morgan fingerprint density at radius 2 is 1.93 bits per heavy atom. The number of nitrogens with zero attached hydrogens (tertiary/aromatic N) is 4. The summed E-state index contributed by atoms with van der Waals surface area (Å²) in [7, 11) is -3.76. The number of hydrogen-bond acceptors (Lipinski definition) is 7. The molecule has 1 fully saturated rings. The molecule has 0 saturated heterocycles. The zero-order chi connectivity index (χ0) is 19.4. The first-order chi connectivity index (χ1) is 12.8. The Kier molecular flexibility index (Phi) is 6.12. The number of aromatic nitrogens is 4. The van der Waals surface area contributed by atoms with E-state index in [9.17, 15) is 13.2 Å². The minimum absolute atomic E-state index is 0.00502. The number of carbonyl (C=O) groups excluding carboxylic acids is 1. The third kappa shape index (κ3) is 5.05. The van der Waals surface area contributed by atoms with Crippen molar-refractivity contribution < 1.29 is 13.2 Å². The third-order valence-corrected chi connectivity index (χ3v) is 6.46. The van der Waals surface area contributed by atoms with Gasteiger partial charge in [-0.05, 0) is 54.5 Å². The fourth-order valence-corrected chi connectivity index (χ4v) is 4.38. The molecule has 0 spiro atoms. The van der Waals surface area contributed by atoms with Crippen molar-refractivity contribution in [1.29, 1.82) is 0 Å². The molecule has 1 atom stereocenters. The summed E-state index contributed by atoms with van der Waals surface area (Å²) < 4.78 is 24.4. The van der Waals surface area contributed by atoms with Gasteiger partial charge in [-0.15, -0.1) is 5.10 Å². The normalized spacial score (nSPS) is 16.8. The van der Waals surface area contributed by atoms with Gasteiger partial charge in [0.05, 0.1) is 16.2 Å². The number of tetrazole rings is 1. The van der Waals surface area contributed by atoms with Crippen LogP contribution in [-0.4, -0.2) is 39.8 Å². The summed E-state index contributed by atoms with van der Waals surface area (Å²) in [5, 5.41) is 20.0. The third-order valence-electron chi connectivity index (χ3n) is 4.48. The molecular formula is C16H22N6O3S2. The van der Waals surface area contributed by atoms with Crippen LogP contribution >= 0.6 is 11.8 Å². The zero-order valence-electron chi connectivity index (χ0n) is 14.9. The van der Waals surface area contributed by atoms with Crippen LogP contribution in [0.2, 0.25) is 0 Å². The molecule has 2 aromatic rings. The van der Waals surface area contributed by atoms with Crippen LogP contribution in [-0.2, 0) is 14.8 Å². The maximum Gasteiger partial charge on any atom is 0.238 e. The predicted molar refractivity (Wildman–Crippen MR) is 102 cm³/mol. The van der Waals surface area contributed by atoms with E-state index in [0.717, 1.165) is 12.8 Å². The number of benzene rings is 1. The molecule has 1 aliphatic carbocycles. The molecule has 27 heavy (non-hydrogen) atoms. The Bertz CT molecular complexity index is 891. The lowest BCUT2D eigenvalue weighted by molar-refractivity contribution is -0.115. The van der Waals surface area contributed by atoms with Gasteiger partial charge in [0.2, 0.25) is 21.1 Å². The Hall–Kier alpha value is -1.98. The van der Waals surface area contributed by atoms with Gasteiger partial charge in [0.1, 0.15) is 0 Å². The van der Waals surface area contributed by atoms with Gasteiger partial charge in [-0.3, -0.25) is 4.79 Å². The first-order valence-electron chi connectivity index (χ1n) is 8.73. The van der Waals surface area contributed by atoms with Gasteiger partial charge in [0.15, 0.2) is 0 Å². The fraction of sp³-hybridized carbons (Fsp3) is 0.500. The maximum absolute atomic E-state index is 12.5. The van der Waals surface area contributed by atoms with E-state index in [1.54, 1.807) is 6.92 Å². The van der Waals surface area contributed by atoms with E-state index in [1.165, 1.54) is 55.3 Å². The molecule has 1 amide bonds. The molecule has 1 aliphatic rings. The van der Waals surface area contributed by atoms with Crippen molar-refractivity contribution in [3.05, 3.63) is 24.3 Å². The topological polar surface area (TPSA) is 133 Å². The van der Waals surface area contributed by atoms with E-state index in [1.807, 2.05) is 4.68 Å². The first-order valence-corrected chi connectivity index (χ1v) is 11.2.